The summed E-state index contributed by atoms with van der Waals surface area (Å²) in [5.74, 6) is 0. The van der Waals surface area contributed by atoms with Crippen LogP contribution in [-0.4, -0.2) is 18.1 Å². The van der Waals surface area contributed by atoms with E-state index < -0.39 is 0 Å². The molecule has 1 nitrogen and oxygen atoms in total. The molecule has 0 aromatic rings. The van der Waals surface area contributed by atoms with Gasteiger partial charge in [0.1, 0.15) is 0 Å². The summed E-state index contributed by atoms with van der Waals surface area (Å²) in [5, 5.41) is 0.386. The molecule has 0 saturated heterocycles. The number of hydrogen-bond acceptors (Lipinski definition) is 1. The molecular weight excluding hydrogens is 196 g/mol. The van der Waals surface area contributed by atoms with Crippen molar-refractivity contribution in [1.82, 2.24) is 0 Å². The molecule has 0 aliphatic heterocycles. The van der Waals surface area contributed by atoms with Gasteiger partial charge in [0.15, 0.2) is 0 Å². The maximum Gasteiger partial charge on any atom is 0.0659 e. The SMILES string of the molecule is CCOC1CC(Cl)C12CCCCCC2. The molecule has 0 aromatic heterocycles. The minimum absolute atomic E-state index is 0.355. The monoisotopic (exact) mass is 216 g/mol. The quantitative estimate of drug-likeness (QED) is 0.639. The molecule has 0 amide bonds. The van der Waals surface area contributed by atoms with Gasteiger partial charge in [-0.1, -0.05) is 25.7 Å². The van der Waals surface area contributed by atoms with Crippen molar-refractivity contribution < 1.29 is 4.74 Å². The second-order valence-electron chi connectivity index (χ2n) is 4.79. The van der Waals surface area contributed by atoms with Crippen LogP contribution in [0.5, 0.6) is 0 Å². The van der Waals surface area contributed by atoms with Crippen molar-refractivity contribution >= 4 is 11.6 Å². The van der Waals surface area contributed by atoms with E-state index in [-0.39, 0.29) is 0 Å². The van der Waals surface area contributed by atoms with Gasteiger partial charge >= 0.3 is 0 Å². The Morgan fingerprint density at radius 1 is 1.21 bits per heavy atom. The van der Waals surface area contributed by atoms with E-state index in [9.17, 15) is 0 Å². The lowest BCUT2D eigenvalue weighted by Gasteiger charge is -2.53. The van der Waals surface area contributed by atoms with Gasteiger partial charge in [-0.3, -0.25) is 0 Å². The van der Waals surface area contributed by atoms with Crippen molar-refractivity contribution in [3.8, 4) is 0 Å². The van der Waals surface area contributed by atoms with Crippen molar-refractivity contribution in [3.63, 3.8) is 0 Å². The standard InChI is InChI=1S/C12H21ClO/c1-2-14-11-9-10(13)12(11)7-5-3-4-6-8-12/h10-11H,2-9H2,1H3. The molecule has 82 valence electrons. The molecule has 2 unspecified atom stereocenters. The topological polar surface area (TPSA) is 9.23 Å². The maximum atomic E-state index is 6.41. The molecule has 0 N–H and O–H groups in total. The molecule has 0 bridgehead atoms. The van der Waals surface area contributed by atoms with E-state index in [1.807, 2.05) is 0 Å². The lowest BCUT2D eigenvalue weighted by Crippen LogP contribution is -2.55. The molecule has 2 atom stereocenters. The molecule has 0 aromatic carbocycles. The predicted octanol–water partition coefficient (Wildman–Crippen LogP) is 3.74. The number of alkyl halides is 1. The average Bonchev–Trinajstić information content (AvgIpc) is 2.44. The highest BCUT2D eigenvalue weighted by molar-refractivity contribution is 6.21. The second kappa shape index (κ2) is 4.40. The maximum absolute atomic E-state index is 6.41. The van der Waals surface area contributed by atoms with Crippen LogP contribution < -0.4 is 0 Å². The summed E-state index contributed by atoms with van der Waals surface area (Å²) in [6.45, 7) is 2.93. The van der Waals surface area contributed by atoms with E-state index in [1.165, 1.54) is 38.5 Å². The van der Waals surface area contributed by atoms with E-state index in [1.54, 1.807) is 0 Å². The van der Waals surface area contributed by atoms with Gasteiger partial charge in [0.25, 0.3) is 0 Å². The van der Waals surface area contributed by atoms with Crippen LogP contribution in [0.1, 0.15) is 51.9 Å². The first-order chi connectivity index (χ1) is 6.79. The van der Waals surface area contributed by atoms with Gasteiger partial charge < -0.3 is 4.74 Å². The van der Waals surface area contributed by atoms with E-state index in [0.29, 0.717) is 16.9 Å². The summed E-state index contributed by atoms with van der Waals surface area (Å²) in [7, 11) is 0. The van der Waals surface area contributed by atoms with Crippen LogP contribution in [0.4, 0.5) is 0 Å². The number of rotatable bonds is 2. The minimum atomic E-state index is 0.355. The normalized spacial score (nSPS) is 36.4. The van der Waals surface area contributed by atoms with Crippen molar-refractivity contribution in [2.24, 2.45) is 5.41 Å². The highest BCUT2D eigenvalue weighted by atomic mass is 35.5. The van der Waals surface area contributed by atoms with Gasteiger partial charge in [0.05, 0.1) is 6.10 Å². The van der Waals surface area contributed by atoms with Crippen LogP contribution in [-0.2, 0) is 4.74 Å². The van der Waals surface area contributed by atoms with Gasteiger partial charge in [0, 0.05) is 17.4 Å². The fraction of sp³-hybridized carbons (Fsp3) is 1.00. The van der Waals surface area contributed by atoms with Crippen LogP contribution in [0.2, 0.25) is 0 Å². The molecule has 2 rings (SSSR count). The predicted molar refractivity (Wildman–Crippen MR) is 59.8 cm³/mol. The molecule has 1 spiro atoms. The zero-order valence-corrected chi connectivity index (χ0v) is 9.85. The Morgan fingerprint density at radius 3 is 2.36 bits per heavy atom. The molecular formula is C12H21ClO. The number of hydrogen-bond donors (Lipinski definition) is 0. The smallest absolute Gasteiger partial charge is 0.0659 e. The van der Waals surface area contributed by atoms with Gasteiger partial charge in [-0.15, -0.1) is 11.6 Å². The van der Waals surface area contributed by atoms with E-state index in [4.69, 9.17) is 16.3 Å². The highest BCUT2D eigenvalue weighted by Gasteiger charge is 2.54. The lowest BCUT2D eigenvalue weighted by molar-refractivity contribution is -0.111. The van der Waals surface area contributed by atoms with Gasteiger partial charge in [-0.05, 0) is 26.2 Å². The third kappa shape index (κ3) is 1.69. The Labute approximate surface area is 92.2 Å². The summed E-state index contributed by atoms with van der Waals surface area (Å²) in [5.41, 5.74) is 0.355. The van der Waals surface area contributed by atoms with E-state index >= 15 is 0 Å². The summed E-state index contributed by atoms with van der Waals surface area (Å²) in [6.07, 6.45) is 9.63. The second-order valence-corrected chi connectivity index (χ2v) is 5.32. The Hall–Kier alpha value is 0.250. The minimum Gasteiger partial charge on any atom is -0.378 e. The fourth-order valence-corrected chi connectivity index (χ4v) is 3.68. The third-order valence-electron chi connectivity index (χ3n) is 4.09. The fourth-order valence-electron chi connectivity index (χ4n) is 3.16. The first-order valence-electron chi connectivity index (χ1n) is 6.05. The third-order valence-corrected chi connectivity index (χ3v) is 4.70. The van der Waals surface area contributed by atoms with E-state index in [0.717, 1.165) is 13.0 Å². The van der Waals surface area contributed by atoms with Crippen LogP contribution in [0.25, 0.3) is 0 Å². The molecule has 0 radical (unpaired) electrons. The summed E-state index contributed by atoms with van der Waals surface area (Å²) >= 11 is 6.41. The lowest BCUT2D eigenvalue weighted by atomic mass is 9.61. The highest BCUT2D eigenvalue weighted by Crippen LogP contribution is 2.54. The molecule has 2 aliphatic carbocycles. The molecule has 2 fully saturated rings. The van der Waals surface area contributed by atoms with Crippen molar-refractivity contribution in [1.29, 1.82) is 0 Å². The molecule has 2 aliphatic rings. The molecule has 14 heavy (non-hydrogen) atoms. The van der Waals surface area contributed by atoms with Crippen molar-refractivity contribution in [3.05, 3.63) is 0 Å². The Balaban J connectivity index is 2.01. The van der Waals surface area contributed by atoms with Crippen molar-refractivity contribution in [2.45, 2.75) is 63.4 Å². The first-order valence-corrected chi connectivity index (χ1v) is 6.49. The van der Waals surface area contributed by atoms with Gasteiger partial charge in [-0.25, -0.2) is 0 Å². The average molecular weight is 217 g/mol. The summed E-state index contributed by atoms with van der Waals surface area (Å²) in [6, 6.07) is 0. The first kappa shape index (κ1) is 10.8. The molecule has 2 heteroatoms. The summed E-state index contributed by atoms with van der Waals surface area (Å²) in [4.78, 5) is 0. The molecule has 0 heterocycles. The van der Waals surface area contributed by atoms with E-state index in [2.05, 4.69) is 6.92 Å². The summed E-state index contributed by atoms with van der Waals surface area (Å²) < 4.78 is 5.81. The number of halogens is 1. The Kier molecular flexibility index (Phi) is 3.38. The van der Waals surface area contributed by atoms with Gasteiger partial charge in [-0.2, -0.15) is 0 Å². The van der Waals surface area contributed by atoms with Crippen LogP contribution >= 0.6 is 11.6 Å². The Bertz CT molecular complexity index is 183. The number of ether oxygens (including phenoxy) is 1. The van der Waals surface area contributed by atoms with Crippen LogP contribution in [0.3, 0.4) is 0 Å². The van der Waals surface area contributed by atoms with Crippen molar-refractivity contribution in [2.75, 3.05) is 6.61 Å². The van der Waals surface area contributed by atoms with Crippen LogP contribution in [0.15, 0.2) is 0 Å². The van der Waals surface area contributed by atoms with Crippen LogP contribution in [0, 0.1) is 5.41 Å². The Morgan fingerprint density at radius 2 is 1.86 bits per heavy atom. The molecule has 2 saturated carbocycles. The zero-order valence-electron chi connectivity index (χ0n) is 9.10. The van der Waals surface area contributed by atoms with Gasteiger partial charge in [0.2, 0.25) is 0 Å². The largest absolute Gasteiger partial charge is 0.378 e. The zero-order chi connectivity index (χ0) is 10.0.